The Bertz CT molecular complexity index is 927. The molecular weight excluding hydrogens is 448 g/mol. The molecule has 34 heavy (non-hydrogen) atoms. The van der Waals surface area contributed by atoms with E-state index in [0.717, 1.165) is 5.56 Å². The Kier molecular flexibility index (Phi) is 7.79. The molecule has 1 fully saturated rings. The Balaban J connectivity index is 1.41. The zero-order chi connectivity index (χ0) is 24.2. The van der Waals surface area contributed by atoms with Crippen molar-refractivity contribution in [3.63, 3.8) is 0 Å². The molecule has 1 saturated heterocycles. The zero-order valence-corrected chi connectivity index (χ0v) is 18.2. The molecule has 5 N–H and O–H groups in total. The normalized spacial score (nSPS) is 37.2. The molecule has 0 aromatic heterocycles. The fourth-order valence-corrected chi connectivity index (χ4v) is 4.29. The summed E-state index contributed by atoms with van der Waals surface area (Å²) in [6.07, 6.45) is -1.72. The van der Waals surface area contributed by atoms with Gasteiger partial charge in [0.15, 0.2) is 6.29 Å². The van der Waals surface area contributed by atoms with Crippen molar-refractivity contribution in [2.45, 2.75) is 43.1 Å². The van der Waals surface area contributed by atoms with Crippen LogP contribution in [0, 0.1) is 11.8 Å². The zero-order valence-electron chi connectivity index (χ0n) is 18.2. The van der Waals surface area contributed by atoms with Gasteiger partial charge in [0.25, 0.3) is 0 Å². The van der Waals surface area contributed by atoms with Crippen LogP contribution in [0.3, 0.4) is 0 Å². The van der Waals surface area contributed by atoms with E-state index in [1.165, 1.54) is 12.3 Å². The average molecular weight is 476 g/mol. The first-order valence-corrected chi connectivity index (χ1v) is 11.0. The summed E-state index contributed by atoms with van der Waals surface area (Å²) < 4.78 is 22.1. The Morgan fingerprint density at radius 3 is 2.53 bits per heavy atom. The molecule has 0 radical (unpaired) electrons. The fourth-order valence-electron chi connectivity index (χ4n) is 4.29. The van der Waals surface area contributed by atoms with Crippen molar-refractivity contribution in [3.8, 4) is 0 Å². The minimum absolute atomic E-state index is 0.123. The topological polar surface area (TPSA) is 155 Å². The molecule has 0 unspecified atom stereocenters. The minimum atomic E-state index is -1.61. The maximum atomic E-state index is 12.2. The second-order valence-electron chi connectivity index (χ2n) is 8.35. The van der Waals surface area contributed by atoms with Gasteiger partial charge in [-0.1, -0.05) is 36.4 Å². The van der Waals surface area contributed by atoms with Gasteiger partial charge in [-0.2, -0.15) is 0 Å². The molecular formula is C24H28O10. The third-order valence-corrected chi connectivity index (χ3v) is 6.14. The summed E-state index contributed by atoms with van der Waals surface area (Å²) in [5.41, 5.74) is 1.40. The third kappa shape index (κ3) is 5.23. The number of carbonyl (C=O) groups excluding carboxylic acids is 1. The Hall–Kier alpha value is -2.57. The van der Waals surface area contributed by atoms with Gasteiger partial charge in [0.1, 0.15) is 31.0 Å². The van der Waals surface area contributed by atoms with Crippen molar-refractivity contribution >= 4 is 12.0 Å². The lowest BCUT2D eigenvalue weighted by Gasteiger charge is -2.42. The van der Waals surface area contributed by atoms with Crippen LogP contribution in [-0.2, 0) is 23.7 Å². The highest BCUT2D eigenvalue weighted by Gasteiger charge is 2.49. The average Bonchev–Trinajstić information content (AvgIpc) is 3.18. The summed E-state index contributed by atoms with van der Waals surface area (Å²) in [6, 6.07) is 9.26. The number of ether oxygens (including phenoxy) is 4. The lowest BCUT2D eigenvalue weighted by Crippen LogP contribution is -2.60. The van der Waals surface area contributed by atoms with Crippen LogP contribution < -0.4 is 0 Å². The molecule has 4 rings (SSSR count). The van der Waals surface area contributed by atoms with Gasteiger partial charge in [-0.3, -0.25) is 0 Å². The molecule has 2 heterocycles. The third-order valence-electron chi connectivity index (χ3n) is 6.14. The van der Waals surface area contributed by atoms with E-state index < -0.39 is 67.5 Å². The van der Waals surface area contributed by atoms with E-state index >= 15 is 0 Å². The standard InChI is InChI=1S/C24H28O10/c25-11-17-20(28)21(29)22(30)24(33-17)34-23-19-14(10-16(26)15(19)8-9-31-23)12-32-18(27)7-6-13-4-2-1-3-5-13/h1-10,15-17,19-26,28-30H,11-12H2/t15-,16-,17-,19+,20-,21+,22-,23+,24+/m1/s1. The number of aliphatic hydroxyl groups excluding tert-OH is 5. The van der Waals surface area contributed by atoms with Crippen molar-refractivity contribution in [1.82, 2.24) is 0 Å². The van der Waals surface area contributed by atoms with E-state index in [9.17, 15) is 30.3 Å². The summed E-state index contributed by atoms with van der Waals surface area (Å²) in [6.45, 7) is -0.722. The van der Waals surface area contributed by atoms with Crippen LogP contribution in [0.4, 0.5) is 0 Å². The van der Waals surface area contributed by atoms with Crippen LogP contribution in [-0.4, -0.2) is 87.8 Å². The molecule has 0 amide bonds. The van der Waals surface area contributed by atoms with Crippen LogP contribution in [0.25, 0.3) is 6.08 Å². The smallest absolute Gasteiger partial charge is 0.331 e. The maximum Gasteiger partial charge on any atom is 0.331 e. The van der Waals surface area contributed by atoms with Crippen molar-refractivity contribution in [1.29, 1.82) is 0 Å². The number of hydrogen-bond donors (Lipinski definition) is 5. The summed E-state index contributed by atoms with van der Waals surface area (Å²) in [5, 5.41) is 50.1. The van der Waals surface area contributed by atoms with E-state index in [0.29, 0.717) is 5.57 Å². The number of rotatable bonds is 7. The molecule has 10 heteroatoms. The van der Waals surface area contributed by atoms with Gasteiger partial charge in [0.05, 0.1) is 24.9 Å². The minimum Gasteiger partial charge on any atom is -0.472 e. The predicted molar refractivity (Wildman–Crippen MR) is 116 cm³/mol. The number of aliphatic hydroxyl groups is 5. The van der Waals surface area contributed by atoms with Gasteiger partial charge in [0, 0.05) is 12.0 Å². The number of carbonyl (C=O) groups is 1. The first-order chi connectivity index (χ1) is 16.4. The first kappa shape index (κ1) is 24.6. The van der Waals surface area contributed by atoms with Crippen LogP contribution in [0.5, 0.6) is 0 Å². The van der Waals surface area contributed by atoms with Gasteiger partial charge in [-0.25, -0.2) is 4.79 Å². The fraction of sp³-hybridized carbons (Fsp3) is 0.458. The van der Waals surface area contributed by atoms with Crippen LogP contribution in [0.1, 0.15) is 5.56 Å². The van der Waals surface area contributed by atoms with Crippen molar-refractivity contribution in [3.05, 3.63) is 66.0 Å². The quantitative estimate of drug-likeness (QED) is 0.197. The molecule has 10 nitrogen and oxygen atoms in total. The highest BCUT2D eigenvalue weighted by atomic mass is 16.8. The molecule has 2 aliphatic heterocycles. The van der Waals surface area contributed by atoms with Gasteiger partial charge in [0.2, 0.25) is 6.29 Å². The van der Waals surface area contributed by atoms with E-state index in [4.69, 9.17) is 18.9 Å². The molecule has 1 aromatic rings. The number of fused-ring (bicyclic) bond motifs is 1. The molecule has 1 aromatic carbocycles. The SMILES string of the molecule is O=C(C=Cc1ccccc1)OCC1=C[C@@H](O)[C@H]2C=CO[C@@H](O[C@@H]3O[C@H](CO)[C@@H](O)[C@H](O)[C@H]3O)[C@@H]12. The van der Waals surface area contributed by atoms with E-state index in [1.807, 2.05) is 30.3 Å². The van der Waals surface area contributed by atoms with E-state index in [1.54, 1.807) is 18.2 Å². The monoisotopic (exact) mass is 476 g/mol. The summed E-state index contributed by atoms with van der Waals surface area (Å²) >= 11 is 0. The van der Waals surface area contributed by atoms with Gasteiger partial charge in [-0.05, 0) is 23.3 Å². The van der Waals surface area contributed by atoms with Crippen molar-refractivity contribution in [2.75, 3.05) is 13.2 Å². The number of esters is 1. The second-order valence-corrected chi connectivity index (χ2v) is 8.35. The van der Waals surface area contributed by atoms with Crippen LogP contribution in [0.2, 0.25) is 0 Å². The van der Waals surface area contributed by atoms with Gasteiger partial charge >= 0.3 is 5.97 Å². The lowest BCUT2D eigenvalue weighted by atomic mass is 9.88. The largest absolute Gasteiger partial charge is 0.472 e. The number of benzene rings is 1. The number of hydrogen-bond acceptors (Lipinski definition) is 10. The Morgan fingerprint density at radius 2 is 1.79 bits per heavy atom. The molecule has 184 valence electrons. The summed E-state index contributed by atoms with van der Waals surface area (Å²) in [4.78, 5) is 12.2. The lowest BCUT2D eigenvalue weighted by molar-refractivity contribution is -0.339. The molecule has 0 bridgehead atoms. The van der Waals surface area contributed by atoms with Crippen LogP contribution in [0.15, 0.2) is 60.4 Å². The molecule has 3 aliphatic rings. The van der Waals surface area contributed by atoms with Crippen LogP contribution >= 0.6 is 0 Å². The van der Waals surface area contributed by atoms with Gasteiger partial charge in [-0.15, -0.1) is 0 Å². The summed E-state index contributed by atoms with van der Waals surface area (Å²) in [7, 11) is 0. The molecule has 0 spiro atoms. The molecule has 1 aliphatic carbocycles. The highest BCUT2D eigenvalue weighted by Crippen LogP contribution is 2.41. The summed E-state index contributed by atoms with van der Waals surface area (Å²) in [5.74, 6) is -1.57. The molecule has 0 saturated carbocycles. The van der Waals surface area contributed by atoms with E-state index in [-0.39, 0.29) is 6.61 Å². The van der Waals surface area contributed by atoms with Crippen molar-refractivity contribution in [2.24, 2.45) is 11.8 Å². The molecule has 9 atom stereocenters. The van der Waals surface area contributed by atoms with Crippen molar-refractivity contribution < 1.29 is 49.3 Å². The van der Waals surface area contributed by atoms with E-state index in [2.05, 4.69) is 0 Å². The Labute approximate surface area is 196 Å². The Morgan fingerprint density at radius 1 is 1.03 bits per heavy atom. The predicted octanol–water partition coefficient (Wildman–Crippen LogP) is -0.537. The van der Waals surface area contributed by atoms with Gasteiger partial charge < -0.3 is 44.5 Å². The highest BCUT2D eigenvalue weighted by molar-refractivity contribution is 5.87. The second kappa shape index (κ2) is 10.8. The first-order valence-electron chi connectivity index (χ1n) is 11.0. The maximum absolute atomic E-state index is 12.2.